The number of hydroxylamine groups is 2. The number of hydrogen-bond acceptors (Lipinski definition) is 4. The molecule has 1 unspecified atom stereocenters. The molecule has 3 amide bonds. The first-order valence-electron chi connectivity index (χ1n) is 9.32. The van der Waals surface area contributed by atoms with Crippen molar-refractivity contribution in [2.45, 2.75) is 71.1 Å². The van der Waals surface area contributed by atoms with Crippen LogP contribution >= 0.6 is 0 Å². The van der Waals surface area contributed by atoms with Gasteiger partial charge < -0.3 is 9.74 Å². The average Bonchev–Trinajstić information content (AvgIpc) is 2.88. The van der Waals surface area contributed by atoms with Crippen molar-refractivity contribution in [3.63, 3.8) is 0 Å². The Labute approximate surface area is 143 Å². The minimum Gasteiger partial charge on any atom is -0.311 e. The van der Waals surface area contributed by atoms with Gasteiger partial charge in [0.15, 0.2) is 0 Å². The lowest BCUT2D eigenvalue weighted by atomic mass is 9.68. The van der Waals surface area contributed by atoms with E-state index in [0.717, 1.165) is 18.8 Å². The molecule has 1 aliphatic carbocycles. The molecule has 1 saturated carbocycles. The van der Waals surface area contributed by atoms with Gasteiger partial charge in [-0.05, 0) is 37.0 Å². The lowest BCUT2D eigenvalue weighted by Crippen LogP contribution is -2.46. The Morgan fingerprint density at radius 3 is 2.33 bits per heavy atom. The van der Waals surface area contributed by atoms with Crippen molar-refractivity contribution in [1.82, 2.24) is 9.96 Å². The van der Waals surface area contributed by atoms with E-state index < -0.39 is 17.9 Å². The number of likely N-dealkylation sites (tertiary alicyclic amines) is 1. The van der Waals surface area contributed by atoms with Crippen molar-refractivity contribution >= 4 is 17.9 Å². The van der Waals surface area contributed by atoms with Gasteiger partial charge in [-0.25, -0.2) is 4.79 Å². The van der Waals surface area contributed by atoms with Crippen LogP contribution in [-0.4, -0.2) is 41.0 Å². The molecule has 6 nitrogen and oxygen atoms in total. The van der Waals surface area contributed by atoms with Crippen LogP contribution in [0, 0.1) is 11.3 Å². The molecule has 0 bridgehead atoms. The highest BCUT2D eigenvalue weighted by Gasteiger charge is 2.39. The first kappa shape index (κ1) is 17.2. The second kappa shape index (κ2) is 7.11. The van der Waals surface area contributed by atoms with Gasteiger partial charge in [-0.2, -0.15) is 0 Å². The van der Waals surface area contributed by atoms with Crippen molar-refractivity contribution in [2.24, 2.45) is 11.3 Å². The number of carbonyl (C=O) groups is 3. The fraction of sp³-hybridized carbons (Fsp3) is 0.833. The van der Waals surface area contributed by atoms with Gasteiger partial charge in [0.2, 0.25) is 0 Å². The number of hydrogen-bond donors (Lipinski definition) is 0. The van der Waals surface area contributed by atoms with E-state index in [-0.39, 0.29) is 12.8 Å². The van der Waals surface area contributed by atoms with Crippen LogP contribution < -0.4 is 0 Å². The zero-order valence-electron chi connectivity index (χ0n) is 14.6. The molecule has 0 radical (unpaired) electrons. The maximum absolute atomic E-state index is 12.2. The molecule has 2 saturated heterocycles. The van der Waals surface area contributed by atoms with E-state index in [9.17, 15) is 14.4 Å². The summed E-state index contributed by atoms with van der Waals surface area (Å²) in [4.78, 5) is 42.0. The second-order valence-electron chi connectivity index (χ2n) is 7.82. The van der Waals surface area contributed by atoms with E-state index in [0.29, 0.717) is 23.6 Å². The fourth-order valence-electron chi connectivity index (χ4n) is 4.27. The maximum Gasteiger partial charge on any atom is 0.434 e. The van der Waals surface area contributed by atoms with Gasteiger partial charge in [0.1, 0.15) is 0 Å². The Bertz CT molecular complexity index is 495. The molecule has 24 heavy (non-hydrogen) atoms. The normalized spacial score (nSPS) is 28.0. The van der Waals surface area contributed by atoms with Gasteiger partial charge in [-0.1, -0.05) is 32.6 Å². The Kier molecular flexibility index (Phi) is 5.11. The SMILES string of the molecule is CC1CCCCC2(CC1)CCN(C(=O)ON1C(=O)CCC1=O)CC2. The monoisotopic (exact) mass is 336 g/mol. The molecular formula is C18H28N2O4. The number of imide groups is 1. The van der Waals surface area contributed by atoms with Gasteiger partial charge in [0.05, 0.1) is 0 Å². The second-order valence-corrected chi connectivity index (χ2v) is 7.82. The van der Waals surface area contributed by atoms with E-state index in [1.54, 1.807) is 4.90 Å². The van der Waals surface area contributed by atoms with Crippen LogP contribution in [0.3, 0.4) is 0 Å². The Morgan fingerprint density at radius 1 is 1.00 bits per heavy atom. The summed E-state index contributed by atoms with van der Waals surface area (Å²) in [6, 6.07) is 0. The standard InChI is InChI=1S/C18H28N2O4/c1-14-4-2-3-8-18(9-7-14)10-12-19(13-11-18)17(23)24-20-15(21)5-6-16(20)22/h14H,2-13H2,1H3. The van der Waals surface area contributed by atoms with E-state index in [2.05, 4.69) is 6.92 Å². The average molecular weight is 336 g/mol. The number of piperidine rings is 1. The molecule has 2 aliphatic heterocycles. The lowest BCUT2D eigenvalue weighted by molar-refractivity contribution is -0.174. The highest BCUT2D eigenvalue weighted by atomic mass is 16.7. The molecule has 0 N–H and O–H groups in total. The van der Waals surface area contributed by atoms with E-state index in [1.807, 2.05) is 0 Å². The zero-order chi connectivity index (χ0) is 17.2. The summed E-state index contributed by atoms with van der Waals surface area (Å²) >= 11 is 0. The van der Waals surface area contributed by atoms with Gasteiger partial charge in [0.25, 0.3) is 11.8 Å². The molecule has 0 aromatic carbocycles. The minimum absolute atomic E-state index is 0.132. The number of nitrogens with zero attached hydrogens (tertiary/aromatic N) is 2. The quantitative estimate of drug-likeness (QED) is 0.689. The molecule has 134 valence electrons. The molecule has 1 atom stereocenters. The van der Waals surface area contributed by atoms with Gasteiger partial charge in [-0.3, -0.25) is 9.59 Å². The summed E-state index contributed by atoms with van der Waals surface area (Å²) in [5, 5.41) is 0.643. The number of amides is 3. The third-order valence-electron chi connectivity index (χ3n) is 6.08. The molecular weight excluding hydrogens is 308 g/mol. The Morgan fingerprint density at radius 2 is 1.67 bits per heavy atom. The van der Waals surface area contributed by atoms with Crippen LogP contribution in [0.1, 0.15) is 71.1 Å². The summed E-state index contributed by atoms with van der Waals surface area (Å²) < 4.78 is 0. The number of rotatable bonds is 1. The highest BCUT2D eigenvalue weighted by molar-refractivity contribution is 6.01. The fourth-order valence-corrected chi connectivity index (χ4v) is 4.27. The molecule has 1 spiro atoms. The van der Waals surface area contributed by atoms with Crippen LogP contribution in [0.5, 0.6) is 0 Å². The van der Waals surface area contributed by atoms with E-state index in [4.69, 9.17) is 4.84 Å². The highest BCUT2D eigenvalue weighted by Crippen LogP contribution is 2.43. The minimum atomic E-state index is -0.562. The van der Waals surface area contributed by atoms with E-state index in [1.165, 1.54) is 38.5 Å². The molecule has 3 rings (SSSR count). The molecule has 3 aliphatic rings. The largest absolute Gasteiger partial charge is 0.434 e. The van der Waals surface area contributed by atoms with Crippen LogP contribution in [0.15, 0.2) is 0 Å². The van der Waals surface area contributed by atoms with Crippen molar-refractivity contribution in [3.8, 4) is 0 Å². The molecule has 0 aromatic heterocycles. The van der Waals surface area contributed by atoms with Crippen molar-refractivity contribution in [1.29, 1.82) is 0 Å². The summed E-state index contributed by atoms with van der Waals surface area (Å²) in [6.07, 6.45) is 9.42. The van der Waals surface area contributed by atoms with Crippen molar-refractivity contribution in [3.05, 3.63) is 0 Å². The van der Waals surface area contributed by atoms with Crippen molar-refractivity contribution < 1.29 is 19.2 Å². The van der Waals surface area contributed by atoms with Gasteiger partial charge >= 0.3 is 6.09 Å². The number of carbonyl (C=O) groups excluding carboxylic acids is 3. The topological polar surface area (TPSA) is 66.9 Å². The summed E-state index contributed by atoms with van der Waals surface area (Å²) in [7, 11) is 0. The predicted octanol–water partition coefficient (Wildman–Crippen LogP) is 3.26. The summed E-state index contributed by atoms with van der Waals surface area (Å²) in [6.45, 7) is 3.66. The molecule has 6 heteroatoms. The van der Waals surface area contributed by atoms with E-state index >= 15 is 0 Å². The van der Waals surface area contributed by atoms with Crippen LogP contribution in [0.2, 0.25) is 0 Å². The maximum atomic E-state index is 12.2. The lowest BCUT2D eigenvalue weighted by Gasteiger charge is -2.43. The summed E-state index contributed by atoms with van der Waals surface area (Å²) in [5.74, 6) is -0.0379. The zero-order valence-corrected chi connectivity index (χ0v) is 14.6. The smallest absolute Gasteiger partial charge is 0.311 e. The Hall–Kier alpha value is -1.59. The van der Waals surface area contributed by atoms with Crippen molar-refractivity contribution in [2.75, 3.05) is 13.1 Å². The molecule has 2 heterocycles. The van der Waals surface area contributed by atoms with Gasteiger partial charge in [-0.15, -0.1) is 5.06 Å². The first-order chi connectivity index (χ1) is 11.5. The van der Waals surface area contributed by atoms with Crippen LogP contribution in [0.25, 0.3) is 0 Å². The van der Waals surface area contributed by atoms with Crippen LogP contribution in [-0.2, 0) is 14.4 Å². The third-order valence-corrected chi connectivity index (χ3v) is 6.08. The predicted molar refractivity (Wildman–Crippen MR) is 87.7 cm³/mol. The summed E-state index contributed by atoms with van der Waals surface area (Å²) in [5.41, 5.74) is 0.366. The van der Waals surface area contributed by atoms with Crippen LogP contribution in [0.4, 0.5) is 4.79 Å². The molecule has 3 fully saturated rings. The first-order valence-corrected chi connectivity index (χ1v) is 9.32. The molecule has 0 aromatic rings. The Balaban J connectivity index is 1.53. The third kappa shape index (κ3) is 3.73. The van der Waals surface area contributed by atoms with Gasteiger partial charge in [0, 0.05) is 25.9 Å².